The van der Waals surface area contributed by atoms with Crippen molar-refractivity contribution in [2.45, 2.75) is 32.7 Å². The molecule has 6 nitrogen and oxygen atoms in total. The zero-order chi connectivity index (χ0) is 16.4. The number of rotatable bonds is 4. The number of carbonyl (C=O) groups is 2. The summed E-state index contributed by atoms with van der Waals surface area (Å²) >= 11 is 0. The molecule has 0 radical (unpaired) electrons. The van der Waals surface area contributed by atoms with E-state index in [1.54, 1.807) is 12.1 Å². The van der Waals surface area contributed by atoms with Crippen LogP contribution in [0.2, 0.25) is 0 Å². The van der Waals surface area contributed by atoms with Crippen LogP contribution in [0.4, 0.5) is 0 Å². The van der Waals surface area contributed by atoms with E-state index in [0.29, 0.717) is 6.04 Å². The van der Waals surface area contributed by atoms with Gasteiger partial charge in [0.25, 0.3) is 5.91 Å². The van der Waals surface area contributed by atoms with Crippen LogP contribution < -0.4 is 10.9 Å². The third-order valence-electron chi connectivity index (χ3n) is 3.89. The van der Waals surface area contributed by atoms with Gasteiger partial charge in [-0.2, -0.15) is 0 Å². The molecule has 2 N–H and O–H groups in total. The molecule has 2 aromatic rings. The second kappa shape index (κ2) is 6.16. The predicted molar refractivity (Wildman–Crippen MR) is 85.5 cm³/mol. The summed E-state index contributed by atoms with van der Waals surface area (Å²) in [6.45, 7) is 4.13. The molecule has 23 heavy (non-hydrogen) atoms. The van der Waals surface area contributed by atoms with Gasteiger partial charge < -0.3 is 8.98 Å². The van der Waals surface area contributed by atoms with E-state index in [0.717, 1.165) is 11.3 Å². The van der Waals surface area contributed by atoms with Crippen LogP contribution in [0, 0.1) is 13.8 Å². The Kier molecular flexibility index (Phi) is 4.06. The first-order valence-electron chi connectivity index (χ1n) is 7.56. The second-order valence-electron chi connectivity index (χ2n) is 5.68. The molecule has 0 spiro atoms. The molecule has 0 aliphatic heterocycles. The monoisotopic (exact) mass is 313 g/mol. The molecule has 0 unspecified atom stereocenters. The summed E-state index contributed by atoms with van der Waals surface area (Å²) in [7, 11) is 0. The maximum absolute atomic E-state index is 11.8. The van der Waals surface area contributed by atoms with Gasteiger partial charge in [0.05, 0.1) is 6.26 Å². The van der Waals surface area contributed by atoms with E-state index in [2.05, 4.69) is 35.3 Å². The number of hydrogen-bond acceptors (Lipinski definition) is 3. The summed E-state index contributed by atoms with van der Waals surface area (Å²) in [5.41, 5.74) is 8.00. The Morgan fingerprint density at radius 2 is 2.09 bits per heavy atom. The molecule has 0 aromatic carbocycles. The number of hydrazine groups is 1. The third-order valence-corrected chi connectivity index (χ3v) is 3.89. The average molecular weight is 313 g/mol. The van der Waals surface area contributed by atoms with Crippen LogP contribution in [0.1, 0.15) is 46.4 Å². The molecule has 0 bridgehead atoms. The van der Waals surface area contributed by atoms with Crippen molar-refractivity contribution in [3.05, 3.63) is 53.2 Å². The van der Waals surface area contributed by atoms with Gasteiger partial charge in [0.1, 0.15) is 0 Å². The molecule has 6 heteroatoms. The van der Waals surface area contributed by atoms with E-state index in [1.165, 1.54) is 36.9 Å². The number of aryl methyl sites for hydroxylation is 1. The van der Waals surface area contributed by atoms with Gasteiger partial charge in [-0.1, -0.05) is 0 Å². The molecule has 0 saturated heterocycles. The van der Waals surface area contributed by atoms with Crippen molar-refractivity contribution in [2.24, 2.45) is 0 Å². The van der Waals surface area contributed by atoms with Gasteiger partial charge >= 0.3 is 5.91 Å². The van der Waals surface area contributed by atoms with E-state index >= 15 is 0 Å². The lowest BCUT2D eigenvalue weighted by atomic mass is 10.2. The van der Waals surface area contributed by atoms with Crippen LogP contribution in [0.3, 0.4) is 0 Å². The number of carbonyl (C=O) groups excluding carboxylic acids is 2. The van der Waals surface area contributed by atoms with E-state index in [9.17, 15) is 9.59 Å². The van der Waals surface area contributed by atoms with Crippen LogP contribution in [0.25, 0.3) is 6.08 Å². The van der Waals surface area contributed by atoms with Crippen LogP contribution in [0.15, 0.2) is 35.0 Å². The summed E-state index contributed by atoms with van der Waals surface area (Å²) in [5, 5.41) is 0. The zero-order valence-corrected chi connectivity index (χ0v) is 13.1. The minimum Gasteiger partial charge on any atom is -0.459 e. The SMILES string of the molecule is Cc1cc(/C=C/C(=O)NNC(=O)c2ccco2)c(C)n1C1CC1. The van der Waals surface area contributed by atoms with Crippen LogP contribution in [-0.2, 0) is 4.79 Å². The number of nitrogens with zero attached hydrogens (tertiary/aromatic N) is 1. The lowest BCUT2D eigenvalue weighted by Gasteiger charge is -2.06. The lowest BCUT2D eigenvalue weighted by molar-refractivity contribution is -0.117. The minimum atomic E-state index is -0.497. The Bertz CT molecular complexity index is 752. The summed E-state index contributed by atoms with van der Waals surface area (Å²) in [6.07, 6.45) is 7.00. The van der Waals surface area contributed by atoms with Crippen molar-refractivity contribution < 1.29 is 14.0 Å². The first-order chi connectivity index (χ1) is 11.1. The first-order valence-corrected chi connectivity index (χ1v) is 7.56. The molecule has 1 aliphatic rings. The van der Waals surface area contributed by atoms with E-state index in [1.807, 2.05) is 0 Å². The number of amides is 2. The number of furan rings is 1. The standard InChI is InChI=1S/C17H19N3O3/c1-11-10-13(12(2)20(11)14-6-7-14)5-8-16(21)18-19-17(22)15-4-3-9-23-15/h3-5,8-10,14H,6-7H2,1-2H3,(H,18,21)(H,19,22)/b8-5+. The minimum absolute atomic E-state index is 0.141. The Morgan fingerprint density at radius 1 is 1.30 bits per heavy atom. The van der Waals surface area contributed by atoms with Gasteiger partial charge in [-0.3, -0.25) is 20.4 Å². The number of nitrogens with one attached hydrogen (secondary N) is 2. The molecule has 1 fully saturated rings. The highest BCUT2D eigenvalue weighted by molar-refractivity contribution is 5.96. The third kappa shape index (κ3) is 3.36. The average Bonchev–Trinajstić information content (AvgIpc) is 3.11. The van der Waals surface area contributed by atoms with Gasteiger partial charge in [-0.15, -0.1) is 0 Å². The summed E-state index contributed by atoms with van der Waals surface area (Å²) < 4.78 is 7.25. The van der Waals surface area contributed by atoms with Gasteiger partial charge in [0.2, 0.25) is 0 Å². The largest absolute Gasteiger partial charge is 0.459 e. The molecule has 1 saturated carbocycles. The Labute approximate surface area is 134 Å². The van der Waals surface area contributed by atoms with Crippen molar-refractivity contribution in [3.8, 4) is 0 Å². The molecular weight excluding hydrogens is 294 g/mol. The molecule has 2 heterocycles. The van der Waals surface area contributed by atoms with Crippen molar-refractivity contribution in [3.63, 3.8) is 0 Å². The predicted octanol–water partition coefficient (Wildman–Crippen LogP) is 2.51. The number of hydrogen-bond donors (Lipinski definition) is 2. The molecule has 2 aromatic heterocycles. The normalized spacial score (nSPS) is 14.2. The fourth-order valence-electron chi connectivity index (χ4n) is 2.66. The van der Waals surface area contributed by atoms with Crippen LogP contribution >= 0.6 is 0 Å². The molecule has 1 aliphatic carbocycles. The van der Waals surface area contributed by atoms with Crippen molar-refractivity contribution >= 4 is 17.9 Å². The highest BCUT2D eigenvalue weighted by Gasteiger charge is 2.26. The Balaban J connectivity index is 1.58. The Hall–Kier alpha value is -2.76. The topological polar surface area (TPSA) is 76.3 Å². The fraction of sp³-hybridized carbons (Fsp3) is 0.294. The summed E-state index contributed by atoms with van der Waals surface area (Å²) in [4.78, 5) is 23.4. The molecular formula is C17H19N3O3. The summed E-state index contributed by atoms with van der Waals surface area (Å²) in [5.74, 6) is -0.757. The first kappa shape index (κ1) is 15.1. The van der Waals surface area contributed by atoms with E-state index in [-0.39, 0.29) is 5.76 Å². The van der Waals surface area contributed by atoms with Crippen molar-refractivity contribution in [1.82, 2.24) is 15.4 Å². The maximum atomic E-state index is 11.8. The molecule has 120 valence electrons. The van der Waals surface area contributed by atoms with Crippen molar-refractivity contribution in [2.75, 3.05) is 0 Å². The molecule has 2 amide bonds. The Morgan fingerprint density at radius 3 is 2.74 bits per heavy atom. The zero-order valence-electron chi connectivity index (χ0n) is 13.1. The van der Waals surface area contributed by atoms with Gasteiger partial charge in [0, 0.05) is 23.5 Å². The van der Waals surface area contributed by atoms with Gasteiger partial charge in [0.15, 0.2) is 5.76 Å². The van der Waals surface area contributed by atoms with E-state index in [4.69, 9.17) is 4.42 Å². The smallest absolute Gasteiger partial charge is 0.305 e. The molecule has 3 rings (SSSR count). The molecule has 0 atom stereocenters. The van der Waals surface area contributed by atoms with Gasteiger partial charge in [-0.05, 0) is 56.5 Å². The highest BCUT2D eigenvalue weighted by atomic mass is 16.3. The second-order valence-corrected chi connectivity index (χ2v) is 5.68. The highest BCUT2D eigenvalue weighted by Crippen LogP contribution is 2.38. The number of aromatic nitrogens is 1. The van der Waals surface area contributed by atoms with Crippen LogP contribution in [0.5, 0.6) is 0 Å². The van der Waals surface area contributed by atoms with Gasteiger partial charge in [-0.25, -0.2) is 0 Å². The quantitative estimate of drug-likeness (QED) is 0.672. The van der Waals surface area contributed by atoms with Crippen molar-refractivity contribution in [1.29, 1.82) is 0 Å². The summed E-state index contributed by atoms with van der Waals surface area (Å²) in [6, 6.07) is 5.80. The maximum Gasteiger partial charge on any atom is 0.305 e. The fourth-order valence-corrected chi connectivity index (χ4v) is 2.66. The van der Waals surface area contributed by atoms with Crippen LogP contribution in [-0.4, -0.2) is 16.4 Å². The van der Waals surface area contributed by atoms with E-state index < -0.39 is 11.8 Å². The lowest BCUT2D eigenvalue weighted by Crippen LogP contribution is -2.40.